The van der Waals surface area contributed by atoms with Crippen LogP contribution in [0.4, 0.5) is 5.95 Å². The number of hydrogen-bond acceptors (Lipinski definition) is 4. The summed E-state index contributed by atoms with van der Waals surface area (Å²) in [6.07, 6.45) is 2.03. The molecule has 1 unspecified atom stereocenters. The monoisotopic (exact) mass is 278 g/mol. The molecule has 1 aromatic carbocycles. The van der Waals surface area contributed by atoms with E-state index in [0.29, 0.717) is 11.0 Å². The third kappa shape index (κ3) is 2.14. The molecule has 100 valence electrons. The Morgan fingerprint density at radius 1 is 1.47 bits per heavy atom. The Labute approximate surface area is 116 Å². The van der Waals surface area contributed by atoms with Crippen molar-refractivity contribution in [2.45, 2.75) is 25.3 Å². The number of nitrogens with zero attached hydrogens (tertiary/aromatic N) is 3. The predicted molar refractivity (Wildman–Crippen MR) is 73.5 cm³/mol. The topological polar surface area (TPSA) is 66.0 Å². The van der Waals surface area contributed by atoms with Crippen LogP contribution in [0.5, 0.6) is 5.75 Å². The van der Waals surface area contributed by atoms with Crippen molar-refractivity contribution in [2.75, 3.05) is 12.8 Å². The summed E-state index contributed by atoms with van der Waals surface area (Å²) in [6.45, 7) is 0.860. The van der Waals surface area contributed by atoms with E-state index in [9.17, 15) is 0 Å². The highest BCUT2D eigenvalue weighted by Gasteiger charge is 2.27. The van der Waals surface area contributed by atoms with E-state index in [2.05, 4.69) is 10.1 Å². The standard InChI is InChI=1S/C13H15ClN4O/c1-19-11-5-4-8(14)7-10(11)9-3-2-6-18-12(9)16-13(15)17-18/h4-5,7,9H,2-3,6H2,1H3,(H2,15,17). The van der Waals surface area contributed by atoms with Crippen LogP contribution in [0.3, 0.4) is 0 Å². The van der Waals surface area contributed by atoms with E-state index in [4.69, 9.17) is 22.1 Å². The Bertz CT molecular complexity index is 611. The SMILES string of the molecule is COc1ccc(Cl)cc1C1CCCn2nc(N)nc21. The summed E-state index contributed by atoms with van der Waals surface area (Å²) in [5.74, 6) is 2.17. The highest BCUT2D eigenvalue weighted by Crippen LogP contribution is 2.38. The molecular formula is C13H15ClN4O. The molecule has 2 aromatic rings. The number of ether oxygens (including phenoxy) is 1. The lowest BCUT2D eigenvalue weighted by Crippen LogP contribution is -2.18. The number of methoxy groups -OCH3 is 1. The molecule has 5 nitrogen and oxygen atoms in total. The van der Waals surface area contributed by atoms with Crippen LogP contribution in [0, 0.1) is 0 Å². The molecule has 1 aliphatic heterocycles. The van der Waals surface area contributed by atoms with Crippen molar-refractivity contribution in [1.82, 2.24) is 14.8 Å². The lowest BCUT2D eigenvalue weighted by Gasteiger charge is -2.24. The first-order valence-corrected chi connectivity index (χ1v) is 6.60. The summed E-state index contributed by atoms with van der Waals surface area (Å²) in [4.78, 5) is 4.35. The third-order valence-electron chi connectivity index (χ3n) is 3.46. The van der Waals surface area contributed by atoms with E-state index in [-0.39, 0.29) is 5.92 Å². The minimum absolute atomic E-state index is 0.132. The number of aromatic nitrogens is 3. The van der Waals surface area contributed by atoms with Crippen molar-refractivity contribution in [3.05, 3.63) is 34.6 Å². The number of benzene rings is 1. The second kappa shape index (κ2) is 4.74. The second-order valence-corrected chi connectivity index (χ2v) is 5.07. The van der Waals surface area contributed by atoms with Gasteiger partial charge in [0.25, 0.3) is 0 Å². The zero-order valence-electron chi connectivity index (χ0n) is 10.6. The smallest absolute Gasteiger partial charge is 0.239 e. The average Bonchev–Trinajstić information content (AvgIpc) is 2.78. The van der Waals surface area contributed by atoms with Crippen LogP contribution in [-0.4, -0.2) is 21.9 Å². The fourth-order valence-corrected chi connectivity index (χ4v) is 2.82. The number of nitrogens with two attached hydrogens (primary N) is 1. The Morgan fingerprint density at radius 2 is 2.32 bits per heavy atom. The van der Waals surface area contributed by atoms with Gasteiger partial charge in [0, 0.05) is 23.0 Å². The van der Waals surface area contributed by atoms with Crippen LogP contribution in [0.15, 0.2) is 18.2 Å². The molecule has 0 radical (unpaired) electrons. The van der Waals surface area contributed by atoms with Crippen molar-refractivity contribution in [1.29, 1.82) is 0 Å². The molecule has 0 amide bonds. The number of halogens is 1. The summed E-state index contributed by atoms with van der Waals surface area (Å²) in [5, 5.41) is 4.91. The maximum atomic E-state index is 6.10. The van der Waals surface area contributed by atoms with Gasteiger partial charge in [0.2, 0.25) is 5.95 Å². The van der Waals surface area contributed by atoms with Crippen molar-refractivity contribution in [2.24, 2.45) is 0 Å². The molecular weight excluding hydrogens is 264 g/mol. The zero-order valence-corrected chi connectivity index (χ0v) is 11.4. The number of rotatable bonds is 2. The first kappa shape index (κ1) is 12.3. The quantitative estimate of drug-likeness (QED) is 0.916. The molecule has 2 heterocycles. The number of aryl methyl sites for hydroxylation is 1. The molecule has 0 spiro atoms. The zero-order chi connectivity index (χ0) is 13.4. The molecule has 0 bridgehead atoms. The van der Waals surface area contributed by atoms with Gasteiger partial charge in [-0.05, 0) is 31.0 Å². The van der Waals surface area contributed by atoms with Crippen molar-refractivity contribution < 1.29 is 4.74 Å². The Balaban J connectivity index is 2.10. The summed E-state index contributed by atoms with van der Waals surface area (Å²) < 4.78 is 7.31. The molecule has 3 rings (SSSR count). The lowest BCUT2D eigenvalue weighted by atomic mass is 9.90. The summed E-state index contributed by atoms with van der Waals surface area (Å²) in [6, 6.07) is 5.65. The van der Waals surface area contributed by atoms with Gasteiger partial charge in [0.15, 0.2) is 0 Å². The van der Waals surface area contributed by atoms with Crippen molar-refractivity contribution in [3.63, 3.8) is 0 Å². The van der Waals surface area contributed by atoms with Gasteiger partial charge in [-0.1, -0.05) is 11.6 Å². The van der Waals surface area contributed by atoms with Gasteiger partial charge >= 0.3 is 0 Å². The molecule has 0 aliphatic carbocycles. The molecule has 19 heavy (non-hydrogen) atoms. The van der Waals surface area contributed by atoms with Gasteiger partial charge in [-0.15, -0.1) is 5.10 Å². The van der Waals surface area contributed by atoms with E-state index >= 15 is 0 Å². The Morgan fingerprint density at radius 3 is 3.11 bits per heavy atom. The van der Waals surface area contributed by atoms with Crippen molar-refractivity contribution in [3.8, 4) is 5.75 Å². The van der Waals surface area contributed by atoms with E-state index < -0.39 is 0 Å². The van der Waals surface area contributed by atoms with Crippen LogP contribution < -0.4 is 10.5 Å². The predicted octanol–water partition coefficient (Wildman–Crippen LogP) is 2.45. The van der Waals surface area contributed by atoms with E-state index in [0.717, 1.165) is 36.5 Å². The van der Waals surface area contributed by atoms with Crippen LogP contribution in [0.1, 0.15) is 30.1 Å². The van der Waals surface area contributed by atoms with E-state index in [1.54, 1.807) is 7.11 Å². The number of nitrogen functional groups attached to an aromatic ring is 1. The Kier molecular flexibility index (Phi) is 3.06. The number of fused-ring (bicyclic) bond motifs is 1. The van der Waals surface area contributed by atoms with E-state index in [1.807, 2.05) is 22.9 Å². The van der Waals surface area contributed by atoms with Crippen LogP contribution >= 0.6 is 11.6 Å². The van der Waals surface area contributed by atoms with Crippen LogP contribution in [-0.2, 0) is 6.54 Å². The minimum atomic E-state index is 0.132. The molecule has 0 saturated carbocycles. The molecule has 2 N–H and O–H groups in total. The number of hydrogen-bond donors (Lipinski definition) is 1. The molecule has 6 heteroatoms. The first-order chi connectivity index (χ1) is 9.19. The van der Waals surface area contributed by atoms with Crippen molar-refractivity contribution >= 4 is 17.5 Å². The normalized spacial score (nSPS) is 18.1. The maximum absolute atomic E-state index is 6.10. The van der Waals surface area contributed by atoms with E-state index in [1.165, 1.54) is 0 Å². The fraction of sp³-hybridized carbons (Fsp3) is 0.385. The van der Waals surface area contributed by atoms with Gasteiger partial charge in [-0.25, -0.2) is 4.68 Å². The summed E-state index contributed by atoms with van der Waals surface area (Å²) in [5.41, 5.74) is 6.74. The lowest BCUT2D eigenvalue weighted by molar-refractivity contribution is 0.394. The van der Waals surface area contributed by atoms with Crippen LogP contribution in [0.25, 0.3) is 0 Å². The average molecular weight is 279 g/mol. The van der Waals surface area contributed by atoms with Gasteiger partial charge in [0.05, 0.1) is 7.11 Å². The van der Waals surface area contributed by atoms with Gasteiger partial charge in [-0.2, -0.15) is 4.98 Å². The molecule has 1 aromatic heterocycles. The van der Waals surface area contributed by atoms with Gasteiger partial charge < -0.3 is 10.5 Å². The number of anilines is 1. The van der Waals surface area contributed by atoms with Gasteiger partial charge in [0.1, 0.15) is 11.6 Å². The second-order valence-electron chi connectivity index (χ2n) is 4.63. The van der Waals surface area contributed by atoms with Gasteiger partial charge in [-0.3, -0.25) is 0 Å². The summed E-state index contributed by atoms with van der Waals surface area (Å²) >= 11 is 6.10. The molecule has 0 saturated heterocycles. The first-order valence-electron chi connectivity index (χ1n) is 6.22. The van der Waals surface area contributed by atoms with Crippen LogP contribution in [0.2, 0.25) is 5.02 Å². The highest BCUT2D eigenvalue weighted by molar-refractivity contribution is 6.30. The molecule has 1 aliphatic rings. The largest absolute Gasteiger partial charge is 0.496 e. The Hall–Kier alpha value is -1.75. The third-order valence-corrected chi connectivity index (χ3v) is 3.69. The summed E-state index contributed by atoms with van der Waals surface area (Å²) in [7, 11) is 1.66. The highest BCUT2D eigenvalue weighted by atomic mass is 35.5. The molecule has 1 atom stereocenters. The maximum Gasteiger partial charge on any atom is 0.239 e. The molecule has 0 fully saturated rings. The minimum Gasteiger partial charge on any atom is -0.496 e. The fourth-order valence-electron chi connectivity index (χ4n) is 2.64.